The average Bonchev–Trinajstić information content (AvgIpc) is 1.65. The zero-order chi connectivity index (χ0) is 7.86. The Morgan fingerprint density at radius 3 is 1.33 bits per heavy atom. The van der Waals surface area contributed by atoms with Gasteiger partial charge in [0.15, 0.2) is 0 Å². The van der Waals surface area contributed by atoms with Gasteiger partial charge in [0.1, 0.15) is 0 Å². The van der Waals surface area contributed by atoms with Gasteiger partial charge in [-0.3, -0.25) is 4.34 Å². The van der Waals surface area contributed by atoms with Crippen LogP contribution in [-0.2, 0) is 0 Å². The molecule has 0 bridgehead atoms. The van der Waals surface area contributed by atoms with Gasteiger partial charge in [-0.1, -0.05) is 0 Å². The summed E-state index contributed by atoms with van der Waals surface area (Å²) in [6.45, 7) is 0. The molecule has 0 unspecified atom stereocenters. The maximum atomic E-state index is 9.21. The van der Waals surface area contributed by atoms with Crippen LogP contribution in [0.2, 0.25) is 0 Å². The van der Waals surface area contributed by atoms with E-state index in [0.29, 0.717) is 0 Å². The van der Waals surface area contributed by atoms with E-state index in [1.54, 1.807) is 4.34 Å². The van der Waals surface area contributed by atoms with Crippen LogP contribution in [0.5, 0.6) is 0 Å². The topological polar surface area (TPSA) is 107 Å². The number of hydrogen-bond donors (Lipinski definition) is 4. The summed E-state index contributed by atoms with van der Waals surface area (Å²) in [6, 6.07) is 0. The Bertz CT molecular complexity index is 99.1. The van der Waals surface area contributed by atoms with Gasteiger partial charge in [0, 0.05) is 0 Å². The van der Waals surface area contributed by atoms with Crippen molar-refractivity contribution in [2.45, 2.75) is 0 Å². The molecule has 0 aliphatic rings. The largest absolute Gasteiger partial charge is 0.503 e. The third kappa shape index (κ3) is 170. The average molecular weight is 202 g/mol. The summed E-state index contributed by atoms with van der Waals surface area (Å²) in [4.78, 5) is 17.8. The summed E-state index contributed by atoms with van der Waals surface area (Å²) in [5.74, 6) is 0. The molecule has 0 aliphatic carbocycles. The van der Waals surface area contributed by atoms with E-state index in [4.69, 9.17) is 20.1 Å². The lowest BCUT2D eigenvalue weighted by Crippen LogP contribution is -2.05. The van der Waals surface area contributed by atoms with Gasteiger partial charge in [0.2, 0.25) is 0 Å². The molecule has 0 aromatic heterocycles. The van der Waals surface area contributed by atoms with Crippen molar-refractivity contribution < 1.29 is 24.9 Å². The van der Waals surface area contributed by atoms with E-state index in [2.05, 4.69) is 16.1 Å². The van der Waals surface area contributed by atoms with Crippen molar-refractivity contribution in [3.63, 3.8) is 0 Å². The molecule has 0 aromatic carbocycles. The standard InChI is InChI=1S/CH2BrNO2.CH2O3/c2-3-1(4)5;2-1(3)4/h3H,(H,4,5);(H2,2,3,4). The molecular formula is C2H4BrNO5. The monoisotopic (exact) mass is 201 g/mol. The van der Waals surface area contributed by atoms with Crippen LogP contribution in [0, 0.1) is 0 Å². The molecule has 0 atom stereocenters. The molecule has 54 valence electrons. The molecule has 0 spiro atoms. The summed E-state index contributed by atoms with van der Waals surface area (Å²) in [5, 5.41) is 21.5. The van der Waals surface area contributed by atoms with E-state index in [-0.39, 0.29) is 0 Å². The Balaban J connectivity index is 0. The Kier molecular flexibility index (Phi) is 8.51. The number of hydrogen-bond acceptors (Lipinski definition) is 2. The van der Waals surface area contributed by atoms with Crippen LogP contribution in [-0.4, -0.2) is 27.6 Å². The van der Waals surface area contributed by atoms with Gasteiger partial charge in [0.25, 0.3) is 0 Å². The summed E-state index contributed by atoms with van der Waals surface area (Å²) in [6.07, 6.45) is -2.91. The SMILES string of the molecule is O=C(O)NBr.O=C(O)O. The molecule has 0 saturated carbocycles. The van der Waals surface area contributed by atoms with Crippen molar-refractivity contribution in [1.29, 1.82) is 0 Å². The van der Waals surface area contributed by atoms with Crippen LogP contribution in [0.25, 0.3) is 0 Å². The van der Waals surface area contributed by atoms with Gasteiger partial charge in [-0.05, 0) is 0 Å². The maximum Gasteiger partial charge on any atom is 0.503 e. The lowest BCUT2D eigenvalue weighted by atomic mass is 11.3. The van der Waals surface area contributed by atoms with E-state index >= 15 is 0 Å². The number of amides is 1. The Morgan fingerprint density at radius 2 is 1.33 bits per heavy atom. The molecule has 0 radical (unpaired) electrons. The first-order valence-electron chi connectivity index (χ1n) is 1.52. The van der Waals surface area contributed by atoms with Crippen molar-refractivity contribution in [1.82, 2.24) is 4.34 Å². The van der Waals surface area contributed by atoms with Gasteiger partial charge in [-0.2, -0.15) is 0 Å². The highest BCUT2D eigenvalue weighted by Gasteiger charge is 1.79. The highest BCUT2D eigenvalue weighted by Crippen LogP contribution is 1.63. The van der Waals surface area contributed by atoms with Gasteiger partial charge in [-0.15, -0.1) is 0 Å². The third-order valence-electron chi connectivity index (χ3n) is 0.0808. The first-order valence-corrected chi connectivity index (χ1v) is 2.31. The molecule has 1 amide bonds. The molecule has 6 nitrogen and oxygen atoms in total. The molecule has 9 heavy (non-hydrogen) atoms. The first-order chi connectivity index (χ1) is 4.00. The molecule has 0 heterocycles. The zero-order valence-corrected chi connectivity index (χ0v) is 5.62. The van der Waals surface area contributed by atoms with Crippen molar-refractivity contribution in [3.05, 3.63) is 0 Å². The predicted molar refractivity (Wildman–Crippen MR) is 30.7 cm³/mol. The first kappa shape index (κ1) is 10.9. The fraction of sp³-hybridized carbons (Fsp3) is 0. The summed E-state index contributed by atoms with van der Waals surface area (Å²) in [5.41, 5.74) is 0. The predicted octanol–water partition coefficient (Wildman–Crippen LogP) is 0.786. The maximum absolute atomic E-state index is 9.21. The lowest BCUT2D eigenvalue weighted by molar-refractivity contribution is 0.137. The second kappa shape index (κ2) is 7.02. The van der Waals surface area contributed by atoms with E-state index < -0.39 is 12.2 Å². The van der Waals surface area contributed by atoms with Crippen molar-refractivity contribution >= 4 is 28.4 Å². The van der Waals surface area contributed by atoms with E-state index in [1.165, 1.54) is 0 Å². The van der Waals surface area contributed by atoms with Crippen LogP contribution < -0.4 is 4.34 Å². The van der Waals surface area contributed by atoms with Gasteiger partial charge in [0.05, 0.1) is 16.1 Å². The van der Waals surface area contributed by atoms with E-state index in [9.17, 15) is 4.79 Å². The fourth-order valence-corrected chi connectivity index (χ4v) is 0. The Labute approximate surface area is 58.4 Å². The van der Waals surface area contributed by atoms with Crippen LogP contribution in [0.4, 0.5) is 9.59 Å². The third-order valence-corrected chi connectivity index (χ3v) is 0.420. The van der Waals surface area contributed by atoms with Crippen molar-refractivity contribution in [3.8, 4) is 0 Å². The van der Waals surface area contributed by atoms with Crippen molar-refractivity contribution in [2.24, 2.45) is 0 Å². The molecule has 0 aromatic rings. The molecule has 0 fully saturated rings. The van der Waals surface area contributed by atoms with Crippen LogP contribution in [0.15, 0.2) is 0 Å². The van der Waals surface area contributed by atoms with Gasteiger partial charge >= 0.3 is 12.2 Å². The second-order valence-corrected chi connectivity index (χ2v) is 1.08. The fourth-order valence-electron chi connectivity index (χ4n) is 0. The molecule has 0 rings (SSSR count). The minimum absolute atomic E-state index is 1.08. The summed E-state index contributed by atoms with van der Waals surface area (Å²) < 4.78 is 1.76. The van der Waals surface area contributed by atoms with Gasteiger partial charge < -0.3 is 15.3 Å². The Morgan fingerprint density at radius 1 is 1.22 bits per heavy atom. The van der Waals surface area contributed by atoms with Crippen LogP contribution in [0.1, 0.15) is 0 Å². The quantitative estimate of drug-likeness (QED) is 0.434. The lowest BCUT2D eigenvalue weighted by Gasteiger charge is -1.75. The zero-order valence-electron chi connectivity index (χ0n) is 4.04. The summed E-state index contributed by atoms with van der Waals surface area (Å²) >= 11 is 2.46. The highest BCUT2D eigenvalue weighted by atomic mass is 79.9. The molecule has 0 saturated heterocycles. The normalized spacial score (nSPS) is 6.33. The molecular weight excluding hydrogens is 198 g/mol. The van der Waals surface area contributed by atoms with Gasteiger partial charge in [-0.25, -0.2) is 9.59 Å². The minimum atomic E-state index is -1.83. The van der Waals surface area contributed by atoms with E-state index in [0.717, 1.165) is 0 Å². The minimum Gasteiger partial charge on any atom is -0.464 e. The van der Waals surface area contributed by atoms with Crippen molar-refractivity contribution in [2.75, 3.05) is 0 Å². The number of halogens is 1. The molecule has 0 aliphatic heterocycles. The Hall–Kier alpha value is -0.980. The molecule has 4 N–H and O–H groups in total. The van der Waals surface area contributed by atoms with Crippen LogP contribution in [0.3, 0.4) is 0 Å². The van der Waals surface area contributed by atoms with E-state index in [1.807, 2.05) is 0 Å². The smallest absolute Gasteiger partial charge is 0.464 e. The second-order valence-electron chi connectivity index (χ2n) is 0.682. The number of carboxylic acid groups (broad SMARTS) is 3. The highest BCUT2D eigenvalue weighted by molar-refractivity contribution is 9.08. The summed E-state index contributed by atoms with van der Waals surface area (Å²) in [7, 11) is 0. The van der Waals surface area contributed by atoms with Crippen LogP contribution >= 0.6 is 16.1 Å². The molecule has 7 heteroatoms. The number of rotatable bonds is 0. The number of nitrogens with one attached hydrogen (secondary N) is 1. The number of carbonyl (C=O) groups is 2.